The van der Waals surface area contributed by atoms with Crippen LogP contribution in [0.25, 0.3) is 10.6 Å². The SMILES string of the molecule is Cc1ccc(-c2nc(C(=O)NC(C)C)cs2)cc1. The summed E-state index contributed by atoms with van der Waals surface area (Å²) in [6.45, 7) is 5.92. The third-order valence-electron chi connectivity index (χ3n) is 2.46. The molecule has 0 aliphatic rings. The molecule has 18 heavy (non-hydrogen) atoms. The van der Waals surface area contributed by atoms with Gasteiger partial charge in [-0.2, -0.15) is 0 Å². The minimum Gasteiger partial charge on any atom is -0.349 e. The van der Waals surface area contributed by atoms with Crippen molar-refractivity contribution in [3.63, 3.8) is 0 Å². The summed E-state index contributed by atoms with van der Waals surface area (Å²) in [6, 6.07) is 8.27. The minimum atomic E-state index is -0.111. The molecule has 0 aliphatic carbocycles. The summed E-state index contributed by atoms with van der Waals surface area (Å²) in [4.78, 5) is 16.2. The van der Waals surface area contributed by atoms with E-state index in [1.807, 2.05) is 45.0 Å². The van der Waals surface area contributed by atoms with Gasteiger partial charge >= 0.3 is 0 Å². The first kappa shape index (κ1) is 12.8. The molecular weight excluding hydrogens is 244 g/mol. The molecule has 4 heteroatoms. The van der Waals surface area contributed by atoms with Crippen molar-refractivity contribution >= 4 is 17.2 Å². The van der Waals surface area contributed by atoms with Crippen molar-refractivity contribution in [1.29, 1.82) is 0 Å². The molecule has 0 saturated carbocycles. The maximum absolute atomic E-state index is 11.8. The number of rotatable bonds is 3. The van der Waals surface area contributed by atoms with E-state index in [4.69, 9.17) is 0 Å². The largest absolute Gasteiger partial charge is 0.349 e. The molecule has 2 rings (SSSR count). The Morgan fingerprint density at radius 3 is 2.56 bits per heavy atom. The Labute approximate surface area is 111 Å². The van der Waals surface area contributed by atoms with Crippen molar-refractivity contribution in [2.24, 2.45) is 0 Å². The Hall–Kier alpha value is -1.68. The van der Waals surface area contributed by atoms with Crippen LogP contribution in [0.2, 0.25) is 0 Å². The van der Waals surface area contributed by atoms with Crippen LogP contribution in [0, 0.1) is 6.92 Å². The summed E-state index contributed by atoms with van der Waals surface area (Å²) >= 11 is 1.49. The van der Waals surface area contributed by atoms with Crippen molar-refractivity contribution < 1.29 is 4.79 Å². The Balaban J connectivity index is 2.20. The molecule has 94 valence electrons. The monoisotopic (exact) mass is 260 g/mol. The second-order valence-corrected chi connectivity index (χ2v) is 5.39. The lowest BCUT2D eigenvalue weighted by Gasteiger charge is -2.05. The normalized spacial score (nSPS) is 10.7. The van der Waals surface area contributed by atoms with E-state index in [1.165, 1.54) is 16.9 Å². The molecule has 1 amide bonds. The van der Waals surface area contributed by atoms with Gasteiger partial charge in [-0.15, -0.1) is 11.3 Å². The van der Waals surface area contributed by atoms with Crippen LogP contribution >= 0.6 is 11.3 Å². The molecule has 1 aromatic heterocycles. The maximum Gasteiger partial charge on any atom is 0.270 e. The van der Waals surface area contributed by atoms with Crippen LogP contribution < -0.4 is 5.32 Å². The molecule has 0 saturated heterocycles. The van der Waals surface area contributed by atoms with Gasteiger partial charge in [-0.05, 0) is 20.8 Å². The molecule has 1 N–H and O–H groups in total. The summed E-state index contributed by atoms with van der Waals surface area (Å²) in [5.41, 5.74) is 2.76. The van der Waals surface area contributed by atoms with Crippen LogP contribution in [-0.4, -0.2) is 16.9 Å². The number of nitrogens with one attached hydrogen (secondary N) is 1. The highest BCUT2D eigenvalue weighted by Crippen LogP contribution is 2.23. The smallest absolute Gasteiger partial charge is 0.270 e. The standard InChI is InChI=1S/C14H16N2OS/c1-9(2)15-13(17)12-8-18-14(16-12)11-6-4-10(3)5-7-11/h4-9H,1-3H3,(H,15,17). The molecule has 1 aromatic carbocycles. The second kappa shape index (κ2) is 5.31. The Morgan fingerprint density at radius 1 is 1.28 bits per heavy atom. The summed E-state index contributed by atoms with van der Waals surface area (Å²) in [5, 5.41) is 5.52. The lowest BCUT2D eigenvalue weighted by atomic mass is 10.2. The number of carbonyl (C=O) groups excluding carboxylic acids is 1. The van der Waals surface area contributed by atoms with Crippen molar-refractivity contribution in [3.8, 4) is 10.6 Å². The Morgan fingerprint density at radius 2 is 1.94 bits per heavy atom. The van der Waals surface area contributed by atoms with Gasteiger partial charge in [-0.3, -0.25) is 4.79 Å². The number of hydrogen-bond acceptors (Lipinski definition) is 3. The number of aromatic nitrogens is 1. The van der Waals surface area contributed by atoms with E-state index in [-0.39, 0.29) is 11.9 Å². The quantitative estimate of drug-likeness (QED) is 0.920. The van der Waals surface area contributed by atoms with Crippen LogP contribution in [0.5, 0.6) is 0 Å². The first-order chi connectivity index (χ1) is 8.56. The first-order valence-corrected chi connectivity index (χ1v) is 6.77. The predicted octanol–water partition coefficient (Wildman–Crippen LogP) is 3.26. The van der Waals surface area contributed by atoms with E-state index in [1.54, 1.807) is 5.38 Å². The van der Waals surface area contributed by atoms with Gasteiger partial charge in [0.1, 0.15) is 10.7 Å². The van der Waals surface area contributed by atoms with Gasteiger partial charge in [0.05, 0.1) is 0 Å². The number of aryl methyl sites for hydroxylation is 1. The molecule has 0 atom stereocenters. The van der Waals surface area contributed by atoms with Gasteiger partial charge in [0.25, 0.3) is 5.91 Å². The number of benzene rings is 1. The number of amides is 1. The van der Waals surface area contributed by atoms with Crippen molar-refractivity contribution in [3.05, 3.63) is 40.9 Å². The highest BCUT2D eigenvalue weighted by Gasteiger charge is 2.12. The summed E-state index contributed by atoms with van der Waals surface area (Å²) in [7, 11) is 0. The van der Waals surface area contributed by atoms with Gasteiger partial charge in [-0.1, -0.05) is 29.8 Å². The van der Waals surface area contributed by atoms with E-state index < -0.39 is 0 Å². The fourth-order valence-corrected chi connectivity index (χ4v) is 2.35. The topological polar surface area (TPSA) is 42.0 Å². The van der Waals surface area contributed by atoms with Gasteiger partial charge < -0.3 is 5.32 Å². The molecule has 0 spiro atoms. The fourth-order valence-electron chi connectivity index (χ4n) is 1.54. The van der Waals surface area contributed by atoms with Crippen LogP contribution in [0.15, 0.2) is 29.6 Å². The van der Waals surface area contributed by atoms with Crippen LogP contribution in [0.1, 0.15) is 29.9 Å². The van der Waals surface area contributed by atoms with Crippen molar-refractivity contribution in [2.45, 2.75) is 26.8 Å². The average molecular weight is 260 g/mol. The molecule has 0 fully saturated rings. The van der Waals surface area contributed by atoms with Gasteiger partial charge in [-0.25, -0.2) is 4.98 Å². The number of nitrogens with zero attached hydrogens (tertiary/aromatic N) is 1. The molecule has 3 nitrogen and oxygen atoms in total. The fraction of sp³-hybridized carbons (Fsp3) is 0.286. The van der Waals surface area contributed by atoms with Crippen LogP contribution in [0.3, 0.4) is 0 Å². The number of thiazole rings is 1. The summed E-state index contributed by atoms with van der Waals surface area (Å²) < 4.78 is 0. The molecule has 0 bridgehead atoms. The molecule has 0 aliphatic heterocycles. The van der Waals surface area contributed by atoms with E-state index >= 15 is 0 Å². The third-order valence-corrected chi connectivity index (χ3v) is 3.35. The van der Waals surface area contributed by atoms with Crippen molar-refractivity contribution in [1.82, 2.24) is 10.3 Å². The van der Waals surface area contributed by atoms with Crippen LogP contribution in [-0.2, 0) is 0 Å². The first-order valence-electron chi connectivity index (χ1n) is 5.89. The summed E-state index contributed by atoms with van der Waals surface area (Å²) in [5.74, 6) is -0.111. The highest BCUT2D eigenvalue weighted by molar-refractivity contribution is 7.13. The molecule has 0 unspecified atom stereocenters. The second-order valence-electron chi connectivity index (χ2n) is 4.53. The molecule has 2 aromatic rings. The zero-order valence-electron chi connectivity index (χ0n) is 10.7. The highest BCUT2D eigenvalue weighted by atomic mass is 32.1. The van der Waals surface area contributed by atoms with Gasteiger partial charge in [0, 0.05) is 17.0 Å². The van der Waals surface area contributed by atoms with Gasteiger partial charge in [0.15, 0.2) is 0 Å². The van der Waals surface area contributed by atoms with E-state index in [0.717, 1.165) is 10.6 Å². The predicted molar refractivity (Wildman–Crippen MR) is 74.9 cm³/mol. The third kappa shape index (κ3) is 2.96. The maximum atomic E-state index is 11.8. The number of hydrogen-bond donors (Lipinski definition) is 1. The van der Waals surface area contributed by atoms with Gasteiger partial charge in [0.2, 0.25) is 0 Å². The van der Waals surface area contributed by atoms with E-state index in [9.17, 15) is 4.79 Å². The number of carbonyl (C=O) groups is 1. The van der Waals surface area contributed by atoms with Crippen LogP contribution in [0.4, 0.5) is 0 Å². The Kier molecular flexibility index (Phi) is 3.77. The zero-order chi connectivity index (χ0) is 13.1. The Bertz CT molecular complexity index is 543. The summed E-state index contributed by atoms with van der Waals surface area (Å²) in [6.07, 6.45) is 0. The molecular formula is C14H16N2OS. The van der Waals surface area contributed by atoms with Crippen molar-refractivity contribution in [2.75, 3.05) is 0 Å². The average Bonchev–Trinajstić information content (AvgIpc) is 2.78. The van der Waals surface area contributed by atoms with E-state index in [2.05, 4.69) is 10.3 Å². The lowest BCUT2D eigenvalue weighted by molar-refractivity contribution is 0.0939. The molecule has 1 heterocycles. The zero-order valence-corrected chi connectivity index (χ0v) is 11.5. The lowest BCUT2D eigenvalue weighted by Crippen LogP contribution is -2.30. The van der Waals surface area contributed by atoms with E-state index in [0.29, 0.717) is 5.69 Å². The molecule has 0 radical (unpaired) electrons. The minimum absolute atomic E-state index is 0.111.